The topological polar surface area (TPSA) is 50.1 Å². The van der Waals surface area contributed by atoms with Gasteiger partial charge in [0.05, 0.1) is 0 Å². The molecule has 96 valence electrons. The fraction of sp³-hybridized carbons (Fsp3) is 0.0714. The number of hydrogen-bond acceptors (Lipinski definition) is 3. The second-order valence-corrected chi connectivity index (χ2v) is 5.13. The molecule has 2 aromatic rings. The highest BCUT2D eigenvalue weighted by atomic mass is 32.2. The van der Waals surface area contributed by atoms with Crippen molar-refractivity contribution < 1.29 is 13.3 Å². The van der Waals surface area contributed by atoms with Gasteiger partial charge in [-0.05, 0) is 36.4 Å². The van der Waals surface area contributed by atoms with Crippen LogP contribution in [0.5, 0.6) is 11.5 Å². The molecular formula is C14H10FNO2S. The molecule has 0 heterocycles. The molecule has 0 unspecified atom stereocenters. The van der Waals surface area contributed by atoms with E-state index in [1.807, 2.05) is 0 Å². The molecule has 0 aliphatic rings. The maximum Gasteiger partial charge on any atom is 0.148 e. The zero-order valence-electron chi connectivity index (χ0n) is 10.1. The van der Waals surface area contributed by atoms with Crippen LogP contribution in [-0.2, 0) is 10.8 Å². The van der Waals surface area contributed by atoms with Gasteiger partial charge in [0.2, 0.25) is 0 Å². The van der Waals surface area contributed by atoms with E-state index >= 15 is 0 Å². The summed E-state index contributed by atoms with van der Waals surface area (Å²) in [6, 6.07) is 12.5. The maximum absolute atomic E-state index is 13.4. The second-order valence-electron chi connectivity index (χ2n) is 3.75. The molecule has 0 saturated heterocycles. The minimum absolute atomic E-state index is 0.134. The molecule has 19 heavy (non-hydrogen) atoms. The van der Waals surface area contributed by atoms with E-state index in [1.165, 1.54) is 18.2 Å². The highest BCUT2D eigenvalue weighted by molar-refractivity contribution is 7.84. The van der Waals surface area contributed by atoms with Crippen molar-refractivity contribution in [3.63, 3.8) is 0 Å². The lowest BCUT2D eigenvalue weighted by Gasteiger charge is -2.08. The van der Waals surface area contributed by atoms with Gasteiger partial charge < -0.3 is 4.74 Å². The maximum atomic E-state index is 13.4. The summed E-state index contributed by atoms with van der Waals surface area (Å²) in [6.07, 6.45) is 1.58. The molecule has 0 amide bonds. The second kappa shape index (κ2) is 5.63. The molecule has 0 aliphatic carbocycles. The number of nitriles is 1. The van der Waals surface area contributed by atoms with Gasteiger partial charge in [0.1, 0.15) is 28.9 Å². The summed E-state index contributed by atoms with van der Waals surface area (Å²) in [5.74, 6) is -0.00421. The first-order chi connectivity index (χ1) is 9.11. The summed E-state index contributed by atoms with van der Waals surface area (Å²) >= 11 is 0. The molecule has 3 nitrogen and oxygen atoms in total. The lowest BCUT2D eigenvalue weighted by molar-refractivity contribution is 0.474. The molecule has 0 spiro atoms. The minimum atomic E-state index is -1.06. The average molecular weight is 275 g/mol. The van der Waals surface area contributed by atoms with Gasteiger partial charge in [0.25, 0.3) is 0 Å². The molecule has 1 atom stereocenters. The Morgan fingerprint density at radius 3 is 2.47 bits per heavy atom. The summed E-state index contributed by atoms with van der Waals surface area (Å²) in [7, 11) is -1.06. The van der Waals surface area contributed by atoms with Crippen LogP contribution in [0.1, 0.15) is 5.56 Å². The van der Waals surface area contributed by atoms with Gasteiger partial charge in [-0.15, -0.1) is 0 Å². The molecular weight excluding hydrogens is 265 g/mol. The summed E-state index contributed by atoms with van der Waals surface area (Å²) in [4.78, 5) is 0.673. The fourth-order valence-corrected chi connectivity index (χ4v) is 2.04. The van der Waals surface area contributed by atoms with Crippen molar-refractivity contribution >= 4 is 10.8 Å². The Labute approximate surface area is 112 Å². The van der Waals surface area contributed by atoms with Gasteiger partial charge in [-0.1, -0.05) is 6.07 Å². The van der Waals surface area contributed by atoms with Crippen LogP contribution in [0.25, 0.3) is 0 Å². The van der Waals surface area contributed by atoms with Crippen LogP contribution in [-0.4, -0.2) is 10.5 Å². The van der Waals surface area contributed by atoms with Gasteiger partial charge in [-0.3, -0.25) is 4.21 Å². The highest BCUT2D eigenvalue weighted by Gasteiger charge is 2.09. The van der Waals surface area contributed by atoms with E-state index in [2.05, 4.69) is 0 Å². The number of nitrogens with zero attached hydrogens (tertiary/aromatic N) is 1. The van der Waals surface area contributed by atoms with E-state index in [9.17, 15) is 8.60 Å². The summed E-state index contributed by atoms with van der Waals surface area (Å²) in [5, 5.41) is 8.88. The Bertz CT molecular complexity index is 662. The van der Waals surface area contributed by atoms with E-state index in [4.69, 9.17) is 10.00 Å². The molecule has 0 bridgehead atoms. The Morgan fingerprint density at radius 1 is 1.21 bits per heavy atom. The highest BCUT2D eigenvalue weighted by Crippen LogP contribution is 2.27. The van der Waals surface area contributed by atoms with Gasteiger partial charge in [0, 0.05) is 22.0 Å². The van der Waals surface area contributed by atoms with Crippen LogP contribution in [0.15, 0.2) is 47.4 Å². The normalized spacial score (nSPS) is 11.6. The monoisotopic (exact) mass is 275 g/mol. The molecule has 2 aromatic carbocycles. The van der Waals surface area contributed by atoms with Crippen LogP contribution in [0.2, 0.25) is 0 Å². The smallest absolute Gasteiger partial charge is 0.148 e. The third kappa shape index (κ3) is 2.98. The van der Waals surface area contributed by atoms with Crippen molar-refractivity contribution in [2.24, 2.45) is 0 Å². The lowest BCUT2D eigenvalue weighted by atomic mass is 10.2. The fourth-order valence-electron chi connectivity index (χ4n) is 1.52. The van der Waals surface area contributed by atoms with Crippen LogP contribution in [0, 0.1) is 17.1 Å². The number of rotatable bonds is 3. The molecule has 0 saturated carbocycles. The van der Waals surface area contributed by atoms with E-state index in [1.54, 1.807) is 36.6 Å². The van der Waals surface area contributed by atoms with Gasteiger partial charge >= 0.3 is 0 Å². The molecule has 0 aliphatic heterocycles. The standard InChI is InChI=1S/C14H10FNO2S/c1-19(17)11-7-5-10(6-8-11)18-14-4-2-3-13(15)12(14)9-16/h2-8H,1H3/t19-/m0/s1. The number of hydrogen-bond donors (Lipinski definition) is 0. The lowest BCUT2D eigenvalue weighted by Crippen LogP contribution is -1.92. The summed E-state index contributed by atoms with van der Waals surface area (Å²) in [6.45, 7) is 0. The zero-order chi connectivity index (χ0) is 13.8. The average Bonchev–Trinajstić information content (AvgIpc) is 2.39. The first-order valence-electron chi connectivity index (χ1n) is 5.42. The predicted molar refractivity (Wildman–Crippen MR) is 70.0 cm³/mol. The predicted octanol–water partition coefficient (Wildman–Crippen LogP) is 3.23. The van der Waals surface area contributed by atoms with Crippen molar-refractivity contribution in [3.05, 3.63) is 53.8 Å². The Balaban J connectivity index is 2.29. The molecule has 0 radical (unpaired) electrons. The quantitative estimate of drug-likeness (QED) is 0.864. The largest absolute Gasteiger partial charge is 0.456 e. The number of ether oxygens (including phenoxy) is 1. The molecule has 5 heteroatoms. The molecule has 0 N–H and O–H groups in total. The van der Waals surface area contributed by atoms with Crippen molar-refractivity contribution in [2.45, 2.75) is 4.90 Å². The Morgan fingerprint density at radius 2 is 1.89 bits per heavy atom. The number of halogens is 1. The molecule has 0 aromatic heterocycles. The van der Waals surface area contributed by atoms with Crippen molar-refractivity contribution in [1.82, 2.24) is 0 Å². The molecule has 0 fully saturated rings. The summed E-state index contributed by atoms with van der Waals surface area (Å²) in [5.41, 5.74) is -0.134. The van der Waals surface area contributed by atoms with Crippen LogP contribution in [0.4, 0.5) is 4.39 Å². The van der Waals surface area contributed by atoms with Gasteiger partial charge in [0.15, 0.2) is 0 Å². The molecule has 2 rings (SSSR count). The van der Waals surface area contributed by atoms with Crippen molar-refractivity contribution in [1.29, 1.82) is 5.26 Å². The van der Waals surface area contributed by atoms with E-state index < -0.39 is 16.6 Å². The minimum Gasteiger partial charge on any atom is -0.456 e. The Kier molecular flexibility index (Phi) is 3.93. The summed E-state index contributed by atoms with van der Waals surface area (Å²) < 4.78 is 30.1. The first kappa shape index (κ1) is 13.2. The van der Waals surface area contributed by atoms with Gasteiger partial charge in [-0.25, -0.2) is 4.39 Å². The van der Waals surface area contributed by atoms with Crippen LogP contribution >= 0.6 is 0 Å². The van der Waals surface area contributed by atoms with E-state index in [0.717, 1.165) is 0 Å². The third-order valence-electron chi connectivity index (χ3n) is 2.47. The van der Waals surface area contributed by atoms with Crippen molar-refractivity contribution in [2.75, 3.05) is 6.26 Å². The number of benzene rings is 2. The van der Waals surface area contributed by atoms with Gasteiger partial charge in [-0.2, -0.15) is 5.26 Å². The van der Waals surface area contributed by atoms with Crippen LogP contribution < -0.4 is 4.74 Å². The first-order valence-corrected chi connectivity index (χ1v) is 6.97. The van der Waals surface area contributed by atoms with E-state index in [0.29, 0.717) is 10.6 Å². The van der Waals surface area contributed by atoms with Crippen LogP contribution in [0.3, 0.4) is 0 Å². The Hall–Kier alpha value is -2.19. The van der Waals surface area contributed by atoms with E-state index in [-0.39, 0.29) is 11.3 Å². The third-order valence-corrected chi connectivity index (χ3v) is 3.41. The van der Waals surface area contributed by atoms with Crippen molar-refractivity contribution in [3.8, 4) is 17.6 Å². The SMILES string of the molecule is C[S@](=O)c1ccc(Oc2cccc(F)c2C#N)cc1. The zero-order valence-corrected chi connectivity index (χ0v) is 10.9.